The third-order valence-electron chi connectivity index (χ3n) is 4.97. The summed E-state index contributed by atoms with van der Waals surface area (Å²) in [4.78, 5) is 0. The molecule has 97 valence electrons. The first kappa shape index (κ1) is 12.0. The summed E-state index contributed by atoms with van der Waals surface area (Å²) in [5, 5.41) is 0. The molecular weight excluding hydrogens is 212 g/mol. The smallest absolute Gasteiger partial charge is 0.0690 e. The molecule has 0 amide bonds. The Hall–Kier alpha value is -0.0800. The second-order valence-electron chi connectivity index (χ2n) is 6.41. The lowest BCUT2D eigenvalue weighted by Crippen LogP contribution is -2.52. The summed E-state index contributed by atoms with van der Waals surface area (Å²) in [6.45, 7) is 5.94. The van der Waals surface area contributed by atoms with Gasteiger partial charge in [-0.25, -0.2) is 0 Å². The first-order chi connectivity index (χ1) is 8.30. The van der Waals surface area contributed by atoms with Crippen LogP contribution < -0.4 is 0 Å². The molecule has 2 heteroatoms. The van der Waals surface area contributed by atoms with E-state index >= 15 is 0 Å². The van der Waals surface area contributed by atoms with E-state index in [1.54, 1.807) is 0 Å². The Labute approximate surface area is 105 Å². The lowest BCUT2D eigenvalue weighted by atomic mass is 9.54. The molecule has 0 unspecified atom stereocenters. The first-order valence-electron chi connectivity index (χ1n) is 7.31. The summed E-state index contributed by atoms with van der Waals surface area (Å²) in [5.41, 5.74) is 0.277. The lowest BCUT2D eigenvalue weighted by Gasteiger charge is -2.56. The topological polar surface area (TPSA) is 18.5 Å². The lowest BCUT2D eigenvalue weighted by molar-refractivity contribution is -0.163. The van der Waals surface area contributed by atoms with Gasteiger partial charge in [0.05, 0.1) is 5.60 Å². The molecule has 0 saturated heterocycles. The number of rotatable bonds is 6. The fourth-order valence-electron chi connectivity index (χ4n) is 4.76. The number of hydrogen-bond acceptors (Lipinski definition) is 2. The number of ether oxygens (including phenoxy) is 2. The predicted molar refractivity (Wildman–Crippen MR) is 67.6 cm³/mol. The van der Waals surface area contributed by atoms with Gasteiger partial charge in [0.2, 0.25) is 0 Å². The Morgan fingerprint density at radius 3 is 2.06 bits per heavy atom. The van der Waals surface area contributed by atoms with E-state index in [1.165, 1.54) is 38.5 Å². The molecule has 4 fully saturated rings. The Kier molecular flexibility index (Phi) is 3.45. The van der Waals surface area contributed by atoms with Gasteiger partial charge in [0.25, 0.3) is 0 Å². The third kappa shape index (κ3) is 2.53. The molecule has 0 aromatic carbocycles. The zero-order valence-electron chi connectivity index (χ0n) is 10.8. The highest BCUT2D eigenvalue weighted by Gasteiger charge is 2.51. The Morgan fingerprint density at radius 2 is 1.53 bits per heavy atom. The second kappa shape index (κ2) is 4.89. The van der Waals surface area contributed by atoms with Crippen LogP contribution in [0.3, 0.4) is 0 Å². The molecule has 0 atom stereocenters. The molecule has 2 nitrogen and oxygen atoms in total. The molecule has 1 radical (unpaired) electrons. The van der Waals surface area contributed by atoms with Crippen LogP contribution in [0.15, 0.2) is 0 Å². The molecule has 4 rings (SSSR count). The van der Waals surface area contributed by atoms with Crippen LogP contribution in [0.4, 0.5) is 0 Å². The van der Waals surface area contributed by atoms with Crippen molar-refractivity contribution in [1.29, 1.82) is 0 Å². The van der Waals surface area contributed by atoms with Gasteiger partial charge in [-0.1, -0.05) is 0 Å². The zero-order chi connectivity index (χ0) is 11.7. The summed E-state index contributed by atoms with van der Waals surface area (Å²) in [6, 6.07) is 0. The van der Waals surface area contributed by atoms with Crippen LogP contribution in [0.5, 0.6) is 0 Å². The fraction of sp³-hybridized carbons (Fsp3) is 0.933. The van der Waals surface area contributed by atoms with Crippen molar-refractivity contribution < 1.29 is 9.47 Å². The Bertz CT molecular complexity index is 226. The Morgan fingerprint density at radius 1 is 0.941 bits per heavy atom. The average Bonchev–Trinajstić information content (AvgIpc) is 2.26. The summed E-state index contributed by atoms with van der Waals surface area (Å²) >= 11 is 0. The van der Waals surface area contributed by atoms with E-state index in [0.717, 1.165) is 37.4 Å². The molecule has 0 N–H and O–H groups in total. The molecule has 4 aliphatic carbocycles. The van der Waals surface area contributed by atoms with E-state index in [9.17, 15) is 0 Å². The molecule has 4 aliphatic rings. The van der Waals surface area contributed by atoms with Gasteiger partial charge in [0.15, 0.2) is 0 Å². The molecule has 0 aromatic heterocycles. The standard InChI is InChI=1S/C15H25O2/c1-2-16-4-3-5-17-15-9-12-6-13(10-15)8-14(7-12)11-15/h12-14H,1-11H2. The van der Waals surface area contributed by atoms with Crippen molar-refractivity contribution in [1.82, 2.24) is 0 Å². The molecule has 4 saturated carbocycles. The summed E-state index contributed by atoms with van der Waals surface area (Å²) in [6.07, 6.45) is 9.53. The van der Waals surface area contributed by atoms with Crippen molar-refractivity contribution in [3.8, 4) is 0 Å². The largest absolute Gasteiger partial charge is 0.381 e. The maximum absolute atomic E-state index is 6.29. The van der Waals surface area contributed by atoms with E-state index in [0.29, 0.717) is 6.61 Å². The summed E-state index contributed by atoms with van der Waals surface area (Å²) in [7, 11) is 0. The predicted octanol–water partition coefficient (Wildman–Crippen LogP) is 3.21. The average molecular weight is 237 g/mol. The molecular formula is C15H25O2. The fourth-order valence-corrected chi connectivity index (χ4v) is 4.76. The van der Waals surface area contributed by atoms with Crippen LogP contribution in [-0.2, 0) is 9.47 Å². The van der Waals surface area contributed by atoms with Crippen molar-refractivity contribution in [2.75, 3.05) is 19.8 Å². The van der Waals surface area contributed by atoms with Crippen molar-refractivity contribution >= 4 is 0 Å². The van der Waals surface area contributed by atoms with Crippen LogP contribution in [-0.4, -0.2) is 25.4 Å². The van der Waals surface area contributed by atoms with E-state index < -0.39 is 0 Å². The van der Waals surface area contributed by atoms with Gasteiger partial charge in [-0.15, -0.1) is 0 Å². The minimum Gasteiger partial charge on any atom is -0.381 e. The van der Waals surface area contributed by atoms with Crippen molar-refractivity contribution in [2.24, 2.45) is 17.8 Å². The van der Waals surface area contributed by atoms with Gasteiger partial charge >= 0.3 is 0 Å². The van der Waals surface area contributed by atoms with Gasteiger partial charge in [-0.2, -0.15) is 0 Å². The minimum atomic E-state index is 0.277. The van der Waals surface area contributed by atoms with Gasteiger partial charge in [0, 0.05) is 19.8 Å². The van der Waals surface area contributed by atoms with Gasteiger partial charge < -0.3 is 9.47 Å². The van der Waals surface area contributed by atoms with Crippen LogP contribution in [0.25, 0.3) is 0 Å². The Balaban J connectivity index is 1.49. The van der Waals surface area contributed by atoms with Gasteiger partial charge in [0.1, 0.15) is 0 Å². The van der Waals surface area contributed by atoms with Crippen LogP contribution in [0.2, 0.25) is 0 Å². The van der Waals surface area contributed by atoms with Gasteiger partial charge in [-0.05, 0) is 69.6 Å². The van der Waals surface area contributed by atoms with E-state index in [4.69, 9.17) is 9.47 Å². The maximum Gasteiger partial charge on any atom is 0.0690 e. The maximum atomic E-state index is 6.29. The highest BCUT2D eigenvalue weighted by atomic mass is 16.5. The van der Waals surface area contributed by atoms with Gasteiger partial charge in [-0.3, -0.25) is 0 Å². The normalized spacial score (nSPS) is 43.2. The van der Waals surface area contributed by atoms with Crippen LogP contribution in [0, 0.1) is 24.7 Å². The molecule has 17 heavy (non-hydrogen) atoms. The van der Waals surface area contributed by atoms with Crippen LogP contribution in [0.1, 0.15) is 44.9 Å². The van der Waals surface area contributed by atoms with Crippen molar-refractivity contribution in [3.05, 3.63) is 6.92 Å². The van der Waals surface area contributed by atoms with Crippen molar-refractivity contribution in [3.63, 3.8) is 0 Å². The molecule has 0 aromatic rings. The van der Waals surface area contributed by atoms with E-state index in [2.05, 4.69) is 6.92 Å². The summed E-state index contributed by atoms with van der Waals surface area (Å²) < 4.78 is 11.6. The first-order valence-corrected chi connectivity index (χ1v) is 7.31. The van der Waals surface area contributed by atoms with Crippen molar-refractivity contribution in [2.45, 2.75) is 50.5 Å². The summed E-state index contributed by atoms with van der Waals surface area (Å²) in [5.74, 6) is 2.95. The van der Waals surface area contributed by atoms with E-state index in [-0.39, 0.29) is 5.60 Å². The highest BCUT2D eigenvalue weighted by molar-refractivity contribution is 5.03. The highest BCUT2D eigenvalue weighted by Crippen LogP contribution is 2.57. The minimum absolute atomic E-state index is 0.277. The van der Waals surface area contributed by atoms with Crippen LogP contribution >= 0.6 is 0 Å². The quantitative estimate of drug-likeness (QED) is 0.660. The third-order valence-corrected chi connectivity index (χ3v) is 4.97. The molecule has 0 spiro atoms. The second-order valence-corrected chi connectivity index (χ2v) is 6.41. The number of hydrogen-bond donors (Lipinski definition) is 0. The molecule has 0 aliphatic heterocycles. The monoisotopic (exact) mass is 237 g/mol. The molecule has 4 bridgehead atoms. The zero-order valence-corrected chi connectivity index (χ0v) is 10.8. The SMILES string of the molecule is [CH2]COCCCOC12CC3CC(CC(C3)C1)C2. The van der Waals surface area contributed by atoms with E-state index in [1.807, 2.05) is 0 Å². The molecule has 0 heterocycles.